The maximum atomic E-state index is 9.03. The Hall–Kier alpha value is -0.120. The van der Waals surface area contributed by atoms with Gasteiger partial charge in [0.2, 0.25) is 0 Å². The van der Waals surface area contributed by atoms with Crippen molar-refractivity contribution in [3.8, 4) is 0 Å². The fraction of sp³-hybridized carbons (Fsp3) is 1.00. The van der Waals surface area contributed by atoms with Crippen LogP contribution in [-0.4, -0.2) is 47.5 Å². The Balaban J connectivity index is 2.39. The molecular weight excluding hydrogens is 166 g/mol. The lowest BCUT2D eigenvalue weighted by atomic mass is 9.93. The van der Waals surface area contributed by atoms with E-state index in [1.54, 1.807) is 0 Å². The Kier molecular flexibility index (Phi) is 4.16. The summed E-state index contributed by atoms with van der Waals surface area (Å²) in [6, 6.07) is 0.586. The smallest absolute Gasteiger partial charge is 0.0484 e. The lowest BCUT2D eigenvalue weighted by Crippen LogP contribution is -2.31. The van der Waals surface area contributed by atoms with Gasteiger partial charge in [-0.05, 0) is 32.7 Å². The second-order valence-corrected chi connectivity index (χ2v) is 4.26. The molecule has 1 heterocycles. The van der Waals surface area contributed by atoms with Crippen molar-refractivity contribution in [2.45, 2.75) is 26.3 Å². The summed E-state index contributed by atoms with van der Waals surface area (Å²) in [4.78, 5) is 2.41. The van der Waals surface area contributed by atoms with Crippen molar-refractivity contribution in [2.24, 2.45) is 11.8 Å². The number of aliphatic hydroxyl groups is 2. The normalized spacial score (nSPS) is 24.9. The number of aliphatic hydroxyl groups excluding tert-OH is 2. The van der Waals surface area contributed by atoms with Crippen LogP contribution < -0.4 is 0 Å². The van der Waals surface area contributed by atoms with Crippen molar-refractivity contribution in [3.63, 3.8) is 0 Å². The van der Waals surface area contributed by atoms with Gasteiger partial charge in [0, 0.05) is 31.7 Å². The molecule has 78 valence electrons. The molecule has 2 N–H and O–H groups in total. The van der Waals surface area contributed by atoms with Crippen LogP contribution in [0.3, 0.4) is 0 Å². The minimum Gasteiger partial charge on any atom is -0.396 e. The minimum atomic E-state index is 0.0868. The molecule has 1 rings (SSSR count). The van der Waals surface area contributed by atoms with E-state index in [0.29, 0.717) is 12.0 Å². The summed E-state index contributed by atoms with van der Waals surface area (Å²) < 4.78 is 0. The average molecular weight is 187 g/mol. The summed E-state index contributed by atoms with van der Waals surface area (Å²) in [5.41, 5.74) is 0. The van der Waals surface area contributed by atoms with Gasteiger partial charge >= 0.3 is 0 Å². The summed E-state index contributed by atoms with van der Waals surface area (Å²) in [6.45, 7) is 6.76. The van der Waals surface area contributed by atoms with Gasteiger partial charge in [-0.2, -0.15) is 0 Å². The topological polar surface area (TPSA) is 43.7 Å². The third-order valence-electron chi connectivity index (χ3n) is 3.12. The molecule has 1 aliphatic heterocycles. The molecule has 1 fully saturated rings. The minimum absolute atomic E-state index is 0.0868. The van der Waals surface area contributed by atoms with Crippen LogP contribution in [0.25, 0.3) is 0 Å². The number of likely N-dealkylation sites (tertiary alicyclic amines) is 1. The van der Waals surface area contributed by atoms with Crippen molar-refractivity contribution in [1.29, 1.82) is 0 Å². The lowest BCUT2D eigenvalue weighted by molar-refractivity contribution is 0.105. The van der Waals surface area contributed by atoms with E-state index in [9.17, 15) is 0 Å². The van der Waals surface area contributed by atoms with Crippen LogP contribution in [0.5, 0.6) is 0 Å². The molecule has 0 radical (unpaired) electrons. The highest BCUT2D eigenvalue weighted by Crippen LogP contribution is 2.24. The highest BCUT2D eigenvalue weighted by atomic mass is 16.3. The van der Waals surface area contributed by atoms with Crippen LogP contribution in [0.4, 0.5) is 0 Å². The Morgan fingerprint density at radius 3 is 2.31 bits per heavy atom. The van der Waals surface area contributed by atoms with E-state index < -0.39 is 0 Å². The molecular formula is C10H21NO2. The fourth-order valence-electron chi connectivity index (χ4n) is 2.03. The lowest BCUT2D eigenvalue weighted by Gasteiger charge is -2.22. The van der Waals surface area contributed by atoms with E-state index in [-0.39, 0.29) is 19.1 Å². The highest BCUT2D eigenvalue weighted by molar-refractivity contribution is 4.81. The first kappa shape index (κ1) is 11.0. The number of rotatable bonds is 4. The molecule has 3 heteroatoms. The molecule has 0 amide bonds. The van der Waals surface area contributed by atoms with Crippen molar-refractivity contribution in [2.75, 3.05) is 26.3 Å². The predicted molar refractivity (Wildman–Crippen MR) is 52.5 cm³/mol. The molecule has 0 saturated carbocycles. The summed E-state index contributed by atoms with van der Waals surface area (Å²) >= 11 is 0. The maximum absolute atomic E-state index is 9.03. The van der Waals surface area contributed by atoms with E-state index in [1.165, 1.54) is 0 Å². The van der Waals surface area contributed by atoms with Crippen LogP contribution in [-0.2, 0) is 0 Å². The second kappa shape index (κ2) is 4.94. The molecule has 0 aromatic rings. The Labute approximate surface area is 80.4 Å². The number of nitrogens with zero attached hydrogens (tertiary/aromatic N) is 1. The zero-order chi connectivity index (χ0) is 9.84. The van der Waals surface area contributed by atoms with Gasteiger partial charge < -0.3 is 15.1 Å². The fourth-order valence-corrected chi connectivity index (χ4v) is 2.03. The molecule has 1 unspecified atom stereocenters. The Morgan fingerprint density at radius 1 is 1.31 bits per heavy atom. The SMILES string of the molecule is CC(C)N1CCC(C(CO)CO)C1. The zero-order valence-corrected chi connectivity index (χ0v) is 8.61. The Morgan fingerprint density at radius 2 is 1.92 bits per heavy atom. The van der Waals surface area contributed by atoms with E-state index >= 15 is 0 Å². The first-order valence-electron chi connectivity index (χ1n) is 5.14. The van der Waals surface area contributed by atoms with E-state index in [2.05, 4.69) is 18.7 Å². The summed E-state index contributed by atoms with van der Waals surface area (Å²) in [7, 11) is 0. The molecule has 0 spiro atoms. The zero-order valence-electron chi connectivity index (χ0n) is 8.61. The standard InChI is InChI=1S/C10H21NO2/c1-8(2)11-4-3-9(5-11)10(6-12)7-13/h8-10,12-13H,3-7H2,1-2H3. The van der Waals surface area contributed by atoms with Crippen molar-refractivity contribution >= 4 is 0 Å². The summed E-state index contributed by atoms with van der Waals surface area (Å²) in [6.07, 6.45) is 1.12. The van der Waals surface area contributed by atoms with Crippen LogP contribution >= 0.6 is 0 Å². The average Bonchev–Trinajstić information content (AvgIpc) is 2.56. The van der Waals surface area contributed by atoms with Gasteiger partial charge in [0.15, 0.2) is 0 Å². The van der Waals surface area contributed by atoms with Gasteiger partial charge in [-0.3, -0.25) is 0 Å². The molecule has 1 atom stereocenters. The molecule has 0 aromatic carbocycles. The third kappa shape index (κ3) is 2.66. The van der Waals surface area contributed by atoms with Gasteiger partial charge in [-0.15, -0.1) is 0 Å². The van der Waals surface area contributed by atoms with Crippen molar-refractivity contribution < 1.29 is 10.2 Å². The van der Waals surface area contributed by atoms with Gasteiger partial charge in [-0.1, -0.05) is 0 Å². The largest absolute Gasteiger partial charge is 0.396 e. The van der Waals surface area contributed by atoms with Gasteiger partial charge in [0.1, 0.15) is 0 Å². The monoisotopic (exact) mass is 187 g/mol. The second-order valence-electron chi connectivity index (χ2n) is 4.26. The predicted octanol–water partition coefficient (Wildman–Crippen LogP) is 0.318. The number of hydrogen-bond acceptors (Lipinski definition) is 3. The quantitative estimate of drug-likeness (QED) is 0.666. The van der Waals surface area contributed by atoms with Crippen LogP contribution in [0.2, 0.25) is 0 Å². The van der Waals surface area contributed by atoms with E-state index in [0.717, 1.165) is 19.5 Å². The first-order valence-corrected chi connectivity index (χ1v) is 5.14. The van der Waals surface area contributed by atoms with E-state index in [1.807, 2.05) is 0 Å². The van der Waals surface area contributed by atoms with Crippen LogP contribution in [0, 0.1) is 11.8 Å². The third-order valence-corrected chi connectivity index (χ3v) is 3.12. The number of hydrogen-bond donors (Lipinski definition) is 2. The maximum Gasteiger partial charge on any atom is 0.0484 e. The molecule has 0 bridgehead atoms. The molecule has 0 aromatic heterocycles. The highest BCUT2D eigenvalue weighted by Gasteiger charge is 2.29. The first-order chi connectivity index (χ1) is 6.19. The van der Waals surface area contributed by atoms with Crippen molar-refractivity contribution in [1.82, 2.24) is 4.90 Å². The van der Waals surface area contributed by atoms with Crippen molar-refractivity contribution in [3.05, 3.63) is 0 Å². The summed E-state index contributed by atoms with van der Waals surface area (Å²) in [5, 5.41) is 18.1. The summed E-state index contributed by atoms with van der Waals surface area (Å²) in [5.74, 6) is 0.571. The Bertz CT molecular complexity index is 146. The van der Waals surface area contributed by atoms with Gasteiger partial charge in [0.05, 0.1) is 0 Å². The molecule has 0 aliphatic carbocycles. The van der Waals surface area contributed by atoms with Gasteiger partial charge in [0.25, 0.3) is 0 Å². The molecule has 13 heavy (non-hydrogen) atoms. The van der Waals surface area contributed by atoms with Crippen LogP contribution in [0.1, 0.15) is 20.3 Å². The molecule has 1 saturated heterocycles. The van der Waals surface area contributed by atoms with E-state index in [4.69, 9.17) is 10.2 Å². The molecule has 1 aliphatic rings. The molecule has 3 nitrogen and oxygen atoms in total. The van der Waals surface area contributed by atoms with Crippen LogP contribution in [0.15, 0.2) is 0 Å². The van der Waals surface area contributed by atoms with Gasteiger partial charge in [-0.25, -0.2) is 0 Å².